The molecule has 0 atom stereocenters. The molecule has 0 radical (unpaired) electrons. The van der Waals surface area contributed by atoms with Crippen LogP contribution in [0.5, 0.6) is 5.88 Å². The van der Waals surface area contributed by atoms with Gasteiger partial charge in [0.2, 0.25) is 5.88 Å². The highest BCUT2D eigenvalue weighted by Crippen LogP contribution is 2.22. The van der Waals surface area contributed by atoms with Gasteiger partial charge in [0, 0.05) is 5.56 Å². The Morgan fingerprint density at radius 1 is 0.639 bits per heavy atom. The molecule has 6 heteroatoms. The predicted octanol–water partition coefficient (Wildman–Crippen LogP) is 4.73. The zero-order valence-electron chi connectivity index (χ0n) is 19.4. The Morgan fingerprint density at radius 2 is 1.11 bits per heavy atom. The molecule has 0 fully saturated rings. The number of rotatable bonds is 6. The highest BCUT2D eigenvalue weighted by atomic mass is 16.3. The van der Waals surface area contributed by atoms with Crippen molar-refractivity contribution in [3.8, 4) is 17.3 Å². The summed E-state index contributed by atoms with van der Waals surface area (Å²) < 4.78 is 2.22. The van der Waals surface area contributed by atoms with Crippen LogP contribution in [0.1, 0.15) is 16.7 Å². The van der Waals surface area contributed by atoms with Gasteiger partial charge >= 0.3 is 5.69 Å². The zero-order valence-corrected chi connectivity index (χ0v) is 19.4. The Balaban J connectivity index is 1.84. The van der Waals surface area contributed by atoms with E-state index < -0.39 is 17.1 Å². The molecule has 36 heavy (non-hydrogen) atoms. The summed E-state index contributed by atoms with van der Waals surface area (Å²) in [7, 11) is 0. The molecule has 6 nitrogen and oxygen atoms in total. The first kappa shape index (κ1) is 22.8. The first-order valence-corrected chi connectivity index (χ1v) is 11.5. The third-order valence-electron chi connectivity index (χ3n) is 5.81. The number of hydrogen-bond donors (Lipinski definition) is 1. The molecule has 1 heterocycles. The molecule has 1 aromatic heterocycles. The topological polar surface area (TPSA) is 76.6 Å². The summed E-state index contributed by atoms with van der Waals surface area (Å²) in [4.78, 5) is 32.3. The summed E-state index contributed by atoms with van der Waals surface area (Å²) in [6, 6.07) is 36.3. The minimum Gasteiger partial charge on any atom is -0.493 e. The molecule has 0 aliphatic carbocycles. The molecule has 0 saturated heterocycles. The lowest BCUT2D eigenvalue weighted by Gasteiger charge is -2.17. The maximum absolute atomic E-state index is 13.9. The van der Waals surface area contributed by atoms with E-state index in [9.17, 15) is 14.7 Å². The second-order valence-electron chi connectivity index (χ2n) is 8.14. The van der Waals surface area contributed by atoms with Gasteiger partial charge in [-0.25, -0.2) is 13.9 Å². The van der Waals surface area contributed by atoms with Gasteiger partial charge in [-0.15, -0.1) is 0 Å². The minimum atomic E-state index is -0.672. The van der Waals surface area contributed by atoms with Crippen LogP contribution >= 0.6 is 0 Å². The number of aromatic nitrogens is 2. The van der Waals surface area contributed by atoms with Crippen LogP contribution in [0.3, 0.4) is 0 Å². The summed E-state index contributed by atoms with van der Waals surface area (Å²) in [5.74, 6) is -0.459. The average Bonchev–Trinajstić information content (AvgIpc) is 2.93. The number of hydrogen-bond acceptors (Lipinski definition) is 4. The summed E-state index contributed by atoms with van der Waals surface area (Å²) in [6.07, 6.45) is 0. The maximum Gasteiger partial charge on any atom is 0.343 e. The van der Waals surface area contributed by atoms with E-state index in [1.54, 1.807) is 48.5 Å². The smallest absolute Gasteiger partial charge is 0.343 e. The van der Waals surface area contributed by atoms with Gasteiger partial charge in [0.15, 0.2) is 0 Å². The molecule has 0 saturated carbocycles. The maximum atomic E-state index is 13.9. The van der Waals surface area contributed by atoms with Crippen LogP contribution in [-0.4, -0.2) is 20.0 Å². The molecule has 5 rings (SSSR count). The fraction of sp³-hybridized carbons (Fsp3) is 0.0333. The van der Waals surface area contributed by atoms with E-state index in [0.29, 0.717) is 29.2 Å². The largest absolute Gasteiger partial charge is 0.493 e. The minimum absolute atomic E-state index is 0.0514. The van der Waals surface area contributed by atoms with Crippen molar-refractivity contribution in [3.63, 3.8) is 0 Å². The van der Waals surface area contributed by atoms with E-state index >= 15 is 0 Å². The fourth-order valence-corrected chi connectivity index (χ4v) is 4.08. The highest BCUT2D eigenvalue weighted by Gasteiger charge is 2.25. The van der Waals surface area contributed by atoms with Crippen molar-refractivity contribution in [2.45, 2.75) is 6.54 Å². The van der Waals surface area contributed by atoms with Crippen molar-refractivity contribution in [2.75, 3.05) is 0 Å². The Labute approximate surface area is 207 Å². The summed E-state index contributed by atoms with van der Waals surface area (Å²) in [6.45, 7) is 0.291. The van der Waals surface area contributed by atoms with Gasteiger partial charge < -0.3 is 5.11 Å². The van der Waals surface area contributed by atoms with E-state index in [0.717, 1.165) is 14.7 Å². The second-order valence-corrected chi connectivity index (χ2v) is 8.14. The Kier molecular flexibility index (Phi) is 6.40. The second kappa shape index (κ2) is 10.1. The Morgan fingerprint density at radius 3 is 1.67 bits per heavy atom. The molecule has 0 spiro atoms. The molecule has 0 amide bonds. The van der Waals surface area contributed by atoms with E-state index in [1.165, 1.54) is 0 Å². The number of aliphatic imine (C=N–C) groups is 1. The standard InChI is InChI=1S/C30H23N3O3/c34-28-26(27(23-15-7-2-8-16-23)31-21-22-13-5-1-6-14-22)29(35)33(25-19-11-4-12-20-25)30(36)32(28)24-17-9-3-10-18-24/h1-20,34H,21H2. The van der Waals surface area contributed by atoms with E-state index in [2.05, 4.69) is 0 Å². The summed E-state index contributed by atoms with van der Waals surface area (Å²) in [5, 5.41) is 11.5. The SMILES string of the molecule is O=c1c(C(=NCc2ccccc2)c2ccccc2)c(O)n(-c2ccccc2)c(=O)n1-c1ccccc1. The monoisotopic (exact) mass is 473 g/mol. The van der Waals surface area contributed by atoms with Crippen molar-refractivity contribution in [1.29, 1.82) is 0 Å². The predicted molar refractivity (Wildman–Crippen MR) is 142 cm³/mol. The molecule has 5 aromatic rings. The molecule has 0 bridgehead atoms. The van der Waals surface area contributed by atoms with Crippen LogP contribution in [0.4, 0.5) is 0 Å². The van der Waals surface area contributed by atoms with Gasteiger partial charge in [0.25, 0.3) is 5.56 Å². The molecule has 4 aromatic carbocycles. The molecule has 0 aliphatic rings. The lowest BCUT2D eigenvalue weighted by atomic mass is 10.0. The molecule has 0 aliphatic heterocycles. The Hall–Kier alpha value is -4.97. The van der Waals surface area contributed by atoms with Crippen molar-refractivity contribution in [3.05, 3.63) is 159 Å². The number of benzene rings is 4. The van der Waals surface area contributed by atoms with Gasteiger partial charge in [-0.2, -0.15) is 0 Å². The van der Waals surface area contributed by atoms with Crippen LogP contribution in [0.15, 0.2) is 136 Å². The summed E-state index contributed by atoms with van der Waals surface area (Å²) >= 11 is 0. The van der Waals surface area contributed by atoms with Crippen molar-refractivity contribution in [2.24, 2.45) is 4.99 Å². The molecular weight excluding hydrogens is 450 g/mol. The first-order valence-electron chi connectivity index (χ1n) is 11.5. The number of aromatic hydroxyl groups is 1. The Bertz CT molecular complexity index is 1620. The number of para-hydroxylation sites is 2. The lowest BCUT2D eigenvalue weighted by molar-refractivity contribution is 0.427. The average molecular weight is 474 g/mol. The molecule has 176 valence electrons. The van der Waals surface area contributed by atoms with Gasteiger partial charge in [0.1, 0.15) is 5.56 Å². The van der Waals surface area contributed by atoms with Gasteiger partial charge in [-0.3, -0.25) is 9.79 Å². The fourth-order valence-electron chi connectivity index (χ4n) is 4.08. The van der Waals surface area contributed by atoms with Crippen molar-refractivity contribution in [1.82, 2.24) is 9.13 Å². The third-order valence-corrected chi connectivity index (χ3v) is 5.81. The van der Waals surface area contributed by atoms with Gasteiger partial charge in [-0.1, -0.05) is 97.1 Å². The molecule has 1 N–H and O–H groups in total. The van der Waals surface area contributed by atoms with Crippen LogP contribution in [0.25, 0.3) is 11.4 Å². The highest BCUT2D eigenvalue weighted by molar-refractivity contribution is 6.14. The van der Waals surface area contributed by atoms with Crippen LogP contribution < -0.4 is 11.2 Å². The number of nitrogens with zero attached hydrogens (tertiary/aromatic N) is 3. The van der Waals surface area contributed by atoms with Crippen molar-refractivity contribution >= 4 is 5.71 Å². The quantitative estimate of drug-likeness (QED) is 0.362. The van der Waals surface area contributed by atoms with Crippen LogP contribution in [0, 0.1) is 0 Å². The van der Waals surface area contributed by atoms with Gasteiger partial charge in [-0.05, 0) is 29.8 Å². The molecule has 0 unspecified atom stereocenters. The summed E-state index contributed by atoms with van der Waals surface area (Å²) in [5.41, 5.74) is 1.36. The first-order chi connectivity index (χ1) is 17.6. The molecular formula is C30H23N3O3. The van der Waals surface area contributed by atoms with Crippen molar-refractivity contribution < 1.29 is 5.11 Å². The lowest BCUT2D eigenvalue weighted by Crippen LogP contribution is -2.41. The van der Waals surface area contributed by atoms with E-state index in [4.69, 9.17) is 4.99 Å². The van der Waals surface area contributed by atoms with Gasteiger partial charge in [0.05, 0.1) is 23.6 Å². The van der Waals surface area contributed by atoms with E-state index in [1.807, 2.05) is 72.8 Å². The van der Waals surface area contributed by atoms with Crippen LogP contribution in [0.2, 0.25) is 0 Å². The van der Waals surface area contributed by atoms with E-state index in [-0.39, 0.29) is 5.56 Å². The normalized spacial score (nSPS) is 11.4. The zero-order chi connectivity index (χ0) is 24.9. The van der Waals surface area contributed by atoms with Crippen LogP contribution in [-0.2, 0) is 6.54 Å². The third kappa shape index (κ3) is 4.40.